The second kappa shape index (κ2) is 19.4. The maximum Gasteiger partial charge on any atom is 0.333 e. The van der Waals surface area contributed by atoms with Gasteiger partial charge in [-0.05, 0) is 106 Å². The summed E-state index contributed by atoms with van der Waals surface area (Å²) < 4.78 is 148. The van der Waals surface area contributed by atoms with E-state index < -0.39 is 88.7 Å². The summed E-state index contributed by atoms with van der Waals surface area (Å²) >= 11 is 0. The number of carbonyl (C=O) groups is 3. The van der Waals surface area contributed by atoms with Gasteiger partial charge in [-0.15, -0.1) is 5.06 Å². The van der Waals surface area contributed by atoms with Crippen molar-refractivity contribution in [2.24, 2.45) is 0 Å². The standard InChI is InChI=1S/C47H51N3O17S4/c1-6-48-35-18-16-31-33(25-29(68(54,55)56)27-37(31)70(60,61)62)44(35)46(2,3)39(48)13-9-7-10-14-40-47(4,22-24-66-5)45-34-26-30(69(57,58)59)28-38(71(63,64)65)32(34)17-19-36(45)49(40)23-12-8-11-15-43(53)67-50-41(51)20-21-42(50)52/h7,9-10,13-14,16-19,25-28H,6,8,11-12,15,20-24H2,1-5H3,(H3-,54,55,56,57,58,59,60,61,62,63,64,65)/p+1. The molecule has 3 aliphatic rings. The van der Waals surface area contributed by atoms with Crippen LogP contribution in [0.15, 0.2) is 104 Å². The first-order valence-electron chi connectivity index (χ1n) is 22.2. The van der Waals surface area contributed by atoms with Crippen LogP contribution in [0.5, 0.6) is 0 Å². The summed E-state index contributed by atoms with van der Waals surface area (Å²) in [7, 11) is -18.4. The Morgan fingerprint density at radius 1 is 0.718 bits per heavy atom. The fraction of sp³-hybridized carbons (Fsp3) is 0.362. The van der Waals surface area contributed by atoms with E-state index in [9.17, 15) is 66.3 Å². The number of hydrogen-bond acceptors (Lipinski definition) is 14. The number of hydrogen-bond donors (Lipinski definition) is 4. The highest BCUT2D eigenvalue weighted by atomic mass is 32.2. The van der Waals surface area contributed by atoms with Crippen molar-refractivity contribution in [1.29, 1.82) is 0 Å². The minimum Gasteiger partial charge on any atom is -0.385 e. The van der Waals surface area contributed by atoms with Crippen LogP contribution >= 0.6 is 0 Å². The Kier molecular flexibility index (Phi) is 14.5. The predicted octanol–water partition coefficient (Wildman–Crippen LogP) is 6.35. The summed E-state index contributed by atoms with van der Waals surface area (Å²) in [4.78, 5) is 40.5. The van der Waals surface area contributed by atoms with E-state index in [0.29, 0.717) is 77.7 Å². The maximum atomic E-state index is 12.8. The third kappa shape index (κ3) is 10.2. The lowest BCUT2D eigenvalue weighted by Gasteiger charge is -2.30. The number of allylic oxidation sites excluding steroid dienone is 6. The van der Waals surface area contributed by atoms with Gasteiger partial charge in [0.25, 0.3) is 52.3 Å². The van der Waals surface area contributed by atoms with Crippen LogP contribution in [-0.2, 0) is 75.3 Å². The molecule has 0 aliphatic carbocycles. The number of benzene rings is 4. The number of fused-ring (bicyclic) bond motifs is 6. The summed E-state index contributed by atoms with van der Waals surface area (Å²) in [5.74, 6) is -1.95. The van der Waals surface area contributed by atoms with E-state index in [0.717, 1.165) is 11.8 Å². The minimum absolute atomic E-state index is 0.00989. The van der Waals surface area contributed by atoms with Gasteiger partial charge in [0, 0.05) is 84.8 Å². The van der Waals surface area contributed by atoms with Crippen molar-refractivity contribution < 1.29 is 80.4 Å². The fourth-order valence-electron chi connectivity index (χ4n) is 9.88. The minimum atomic E-state index is -5.04. The number of carbonyl (C=O) groups excluding carboxylic acids is 3. The van der Waals surface area contributed by atoms with Crippen LogP contribution in [0.25, 0.3) is 21.5 Å². The van der Waals surface area contributed by atoms with Gasteiger partial charge in [0.15, 0.2) is 5.71 Å². The lowest BCUT2D eigenvalue weighted by molar-refractivity contribution is -0.433. The molecule has 2 amide bonds. The van der Waals surface area contributed by atoms with Crippen LogP contribution in [0, 0.1) is 0 Å². The zero-order valence-corrected chi connectivity index (χ0v) is 42.4. The van der Waals surface area contributed by atoms with E-state index in [1.807, 2.05) is 49.3 Å². The molecule has 0 radical (unpaired) electrons. The first-order valence-corrected chi connectivity index (χ1v) is 28.0. The van der Waals surface area contributed by atoms with Gasteiger partial charge in [-0.1, -0.05) is 30.7 Å². The van der Waals surface area contributed by atoms with Crippen LogP contribution < -0.4 is 4.90 Å². The van der Waals surface area contributed by atoms with Crippen LogP contribution in [0.3, 0.4) is 0 Å². The van der Waals surface area contributed by atoms with Crippen molar-refractivity contribution in [1.82, 2.24) is 5.06 Å². The monoisotopic (exact) mass is 1060 g/mol. The fourth-order valence-corrected chi connectivity index (χ4v) is 12.6. The van der Waals surface area contributed by atoms with Gasteiger partial charge in [-0.2, -0.15) is 38.2 Å². The number of nitrogens with zero attached hydrogens (tertiary/aromatic N) is 3. The van der Waals surface area contributed by atoms with E-state index in [1.165, 1.54) is 25.3 Å². The number of methoxy groups -OCH3 is 1. The molecule has 4 aromatic rings. The molecule has 24 heteroatoms. The summed E-state index contributed by atoms with van der Waals surface area (Å²) in [6, 6.07) is 9.92. The molecule has 0 saturated carbocycles. The largest absolute Gasteiger partial charge is 0.385 e. The molecule has 1 atom stereocenters. The number of imide groups is 1. The Labute approximate surface area is 410 Å². The molecular formula is C47H52N3O17S4+. The molecule has 0 bridgehead atoms. The van der Waals surface area contributed by atoms with Gasteiger partial charge in [0.2, 0.25) is 5.69 Å². The molecule has 1 fully saturated rings. The molecule has 3 aliphatic heterocycles. The number of ether oxygens (including phenoxy) is 1. The molecule has 4 aromatic carbocycles. The summed E-state index contributed by atoms with van der Waals surface area (Å²) in [5, 5.41) is 0.823. The Balaban J connectivity index is 1.28. The molecular weight excluding hydrogens is 1010 g/mol. The van der Waals surface area contributed by atoms with Crippen molar-refractivity contribution >= 4 is 96.9 Å². The van der Waals surface area contributed by atoms with Crippen LogP contribution in [0.4, 0.5) is 11.4 Å². The number of unbranched alkanes of at least 4 members (excludes halogenated alkanes) is 2. The third-order valence-corrected chi connectivity index (χ3v) is 16.6. The highest BCUT2D eigenvalue weighted by Crippen LogP contribution is 2.54. The SMILES string of the molecule is CC[N+]1=C(/C=C/C=C/C=C2/N(CCCCCC(=O)ON3C(=O)CCC3=O)c3ccc4c(S(=O)(=O)O)cc(S(=O)(=O)O)cc4c3C2(C)CCOC)C(C)(C)c2c1ccc1c(S(=O)(=O)O)cc(S(=O)(=O)O)cc21. The molecule has 7 rings (SSSR count). The van der Waals surface area contributed by atoms with Crippen LogP contribution in [0.2, 0.25) is 0 Å². The number of anilines is 1. The third-order valence-electron chi connectivity index (χ3n) is 13.1. The van der Waals surface area contributed by atoms with Gasteiger partial charge in [0.1, 0.15) is 16.3 Å². The highest BCUT2D eigenvalue weighted by Gasteiger charge is 2.47. The topological polar surface area (TPSA) is 297 Å². The van der Waals surface area contributed by atoms with Crippen molar-refractivity contribution in [3.63, 3.8) is 0 Å². The number of amides is 2. The predicted molar refractivity (Wildman–Crippen MR) is 259 cm³/mol. The van der Waals surface area contributed by atoms with E-state index in [2.05, 4.69) is 0 Å². The quantitative estimate of drug-likeness (QED) is 0.0277. The molecule has 380 valence electrons. The molecule has 3 heterocycles. The molecule has 1 unspecified atom stereocenters. The van der Waals surface area contributed by atoms with E-state index in [1.54, 1.807) is 30.4 Å². The van der Waals surface area contributed by atoms with E-state index in [4.69, 9.17) is 9.57 Å². The first-order chi connectivity index (χ1) is 33.0. The molecule has 71 heavy (non-hydrogen) atoms. The second-order valence-corrected chi connectivity index (χ2v) is 23.6. The summed E-state index contributed by atoms with van der Waals surface area (Å²) in [6.07, 6.45) is 10.2. The second-order valence-electron chi connectivity index (χ2n) is 18.0. The van der Waals surface area contributed by atoms with E-state index >= 15 is 0 Å². The normalized spacial score (nSPS) is 19.1. The number of hydroxylamine groups is 2. The number of rotatable bonds is 18. The Hall–Kier alpha value is -5.70. The van der Waals surface area contributed by atoms with Crippen LogP contribution in [0.1, 0.15) is 83.8 Å². The average Bonchev–Trinajstić information content (AvgIpc) is 3.81. The Bertz CT molecular complexity index is 3510. The van der Waals surface area contributed by atoms with Crippen molar-refractivity contribution in [2.45, 2.75) is 103 Å². The average molecular weight is 1060 g/mol. The van der Waals surface area contributed by atoms with Crippen molar-refractivity contribution in [2.75, 3.05) is 31.7 Å². The Morgan fingerprint density at radius 2 is 1.28 bits per heavy atom. The van der Waals surface area contributed by atoms with Crippen molar-refractivity contribution in [3.8, 4) is 0 Å². The highest BCUT2D eigenvalue weighted by molar-refractivity contribution is 7.87. The van der Waals surface area contributed by atoms with Gasteiger partial charge >= 0.3 is 5.97 Å². The van der Waals surface area contributed by atoms with Gasteiger partial charge in [-0.25, -0.2) is 4.79 Å². The van der Waals surface area contributed by atoms with Gasteiger partial charge in [-0.3, -0.25) is 27.8 Å². The smallest absolute Gasteiger partial charge is 0.333 e. The van der Waals surface area contributed by atoms with Crippen molar-refractivity contribution in [3.05, 3.63) is 95.7 Å². The molecule has 0 spiro atoms. The Morgan fingerprint density at radius 3 is 1.82 bits per heavy atom. The van der Waals surface area contributed by atoms with Gasteiger partial charge in [0.05, 0.1) is 15.2 Å². The lowest BCUT2D eigenvalue weighted by Crippen LogP contribution is -2.32. The lowest BCUT2D eigenvalue weighted by atomic mass is 9.76. The van der Waals surface area contributed by atoms with Gasteiger partial charge < -0.3 is 14.5 Å². The molecule has 0 aromatic heterocycles. The maximum absolute atomic E-state index is 12.8. The molecule has 4 N–H and O–H groups in total. The first kappa shape index (κ1) is 53.1. The molecule has 1 saturated heterocycles. The summed E-state index contributed by atoms with van der Waals surface area (Å²) in [5.41, 5.74) is 1.61. The molecule has 20 nitrogen and oxygen atoms in total. The summed E-state index contributed by atoms with van der Waals surface area (Å²) in [6.45, 7) is 8.37. The van der Waals surface area contributed by atoms with E-state index in [-0.39, 0.29) is 53.8 Å². The zero-order chi connectivity index (χ0) is 52.2. The zero-order valence-electron chi connectivity index (χ0n) is 39.1. The van der Waals surface area contributed by atoms with Crippen LogP contribution in [-0.4, -0.2) is 112 Å².